The number of nitrogens with one attached hydrogen (secondary N) is 2. The minimum absolute atomic E-state index is 0.0242. The number of rotatable bonds is 6. The Bertz CT molecular complexity index is 1090. The van der Waals surface area contributed by atoms with Crippen LogP contribution in [0.25, 0.3) is 11.1 Å². The molecule has 3 fully saturated rings. The first-order valence-corrected chi connectivity index (χ1v) is 13.3. The standard InChI is InChI=1S/C28H39N5O3/c1-4-20-7-8-33(18-20)27(34)30-22-6-5-19(2)24(15-22)21-13-25(29-23-16-28(3,35)17-23)31-26(14-21)32-9-11-36-12-10-32/h5-6,13-15,20,23,35H,4,7-12,16-18H2,1-3H3,(H,29,31)(H,30,34)/t20-,23?,28?/m1/s1. The van der Waals surface area contributed by atoms with Gasteiger partial charge in [0.25, 0.3) is 0 Å². The van der Waals surface area contributed by atoms with E-state index in [1.807, 2.05) is 17.9 Å². The number of benzene rings is 1. The fourth-order valence-electron chi connectivity index (χ4n) is 5.58. The van der Waals surface area contributed by atoms with Gasteiger partial charge in [0.15, 0.2) is 0 Å². The average molecular weight is 494 g/mol. The highest BCUT2D eigenvalue weighted by Gasteiger charge is 2.38. The van der Waals surface area contributed by atoms with E-state index in [9.17, 15) is 9.90 Å². The van der Waals surface area contributed by atoms with Crippen molar-refractivity contribution >= 4 is 23.4 Å². The van der Waals surface area contributed by atoms with E-state index in [4.69, 9.17) is 9.72 Å². The van der Waals surface area contributed by atoms with Gasteiger partial charge in [0, 0.05) is 37.9 Å². The fourth-order valence-corrected chi connectivity index (χ4v) is 5.58. The number of likely N-dealkylation sites (tertiary alicyclic amines) is 1. The second-order valence-corrected chi connectivity index (χ2v) is 10.9. The molecule has 1 aliphatic carbocycles. The number of nitrogens with zero attached hydrogens (tertiary/aromatic N) is 3. The molecule has 0 bridgehead atoms. The van der Waals surface area contributed by atoms with Crippen LogP contribution in [-0.4, -0.2) is 72.1 Å². The second kappa shape index (κ2) is 10.3. The number of carbonyl (C=O) groups is 1. The third-order valence-corrected chi connectivity index (χ3v) is 7.82. The molecule has 2 aromatic rings. The van der Waals surface area contributed by atoms with Crippen molar-refractivity contribution in [2.75, 3.05) is 54.9 Å². The molecule has 1 atom stereocenters. The minimum atomic E-state index is -0.599. The van der Waals surface area contributed by atoms with Gasteiger partial charge in [0.2, 0.25) is 0 Å². The van der Waals surface area contributed by atoms with E-state index in [-0.39, 0.29) is 12.1 Å². The molecule has 5 rings (SSSR count). The number of pyridine rings is 1. The van der Waals surface area contributed by atoms with E-state index in [1.165, 1.54) is 0 Å². The fraction of sp³-hybridized carbons (Fsp3) is 0.571. The number of aryl methyl sites for hydroxylation is 1. The SMILES string of the molecule is CC[C@@H]1CCN(C(=O)Nc2ccc(C)c(-c3cc(NC4CC(C)(O)C4)nc(N4CCOCC4)c3)c2)C1. The molecule has 36 heavy (non-hydrogen) atoms. The van der Waals surface area contributed by atoms with Gasteiger partial charge in [0.1, 0.15) is 11.6 Å². The van der Waals surface area contributed by atoms with Gasteiger partial charge in [-0.05, 0) is 80.0 Å². The predicted molar refractivity (Wildman–Crippen MR) is 144 cm³/mol. The molecule has 1 aromatic heterocycles. The topological polar surface area (TPSA) is 90.0 Å². The summed E-state index contributed by atoms with van der Waals surface area (Å²) in [7, 11) is 0. The van der Waals surface area contributed by atoms with E-state index in [0.717, 1.165) is 73.0 Å². The smallest absolute Gasteiger partial charge is 0.321 e. The van der Waals surface area contributed by atoms with Crippen molar-refractivity contribution in [2.24, 2.45) is 5.92 Å². The summed E-state index contributed by atoms with van der Waals surface area (Å²) in [5, 5.41) is 16.8. The molecule has 1 saturated carbocycles. The predicted octanol–water partition coefficient (Wildman–Crippen LogP) is 4.48. The van der Waals surface area contributed by atoms with Crippen molar-refractivity contribution < 1.29 is 14.6 Å². The van der Waals surface area contributed by atoms with E-state index in [2.05, 4.69) is 53.6 Å². The highest BCUT2D eigenvalue weighted by Crippen LogP contribution is 2.36. The van der Waals surface area contributed by atoms with Gasteiger partial charge in [-0.2, -0.15) is 0 Å². The summed E-state index contributed by atoms with van der Waals surface area (Å²) in [6, 6.07) is 10.5. The van der Waals surface area contributed by atoms with Crippen LogP contribution in [-0.2, 0) is 4.74 Å². The molecule has 0 spiro atoms. The number of amides is 2. The summed E-state index contributed by atoms with van der Waals surface area (Å²) in [6.07, 6.45) is 3.61. The Balaban J connectivity index is 1.40. The Morgan fingerprint density at radius 3 is 2.67 bits per heavy atom. The van der Waals surface area contributed by atoms with Gasteiger partial charge < -0.3 is 30.3 Å². The summed E-state index contributed by atoms with van der Waals surface area (Å²) in [5.41, 5.74) is 3.46. The Morgan fingerprint density at radius 1 is 1.19 bits per heavy atom. The molecule has 194 valence electrons. The number of aromatic nitrogens is 1. The summed E-state index contributed by atoms with van der Waals surface area (Å²) >= 11 is 0. The molecular formula is C28H39N5O3. The lowest BCUT2D eigenvalue weighted by Gasteiger charge is -2.41. The van der Waals surface area contributed by atoms with Gasteiger partial charge >= 0.3 is 6.03 Å². The van der Waals surface area contributed by atoms with Crippen molar-refractivity contribution in [3.8, 4) is 11.1 Å². The third kappa shape index (κ3) is 5.60. The number of ether oxygens (including phenoxy) is 1. The lowest BCUT2D eigenvalue weighted by molar-refractivity contribution is -0.0235. The van der Waals surface area contributed by atoms with Gasteiger partial charge in [-0.15, -0.1) is 0 Å². The first-order chi connectivity index (χ1) is 17.3. The Morgan fingerprint density at radius 2 is 1.97 bits per heavy atom. The molecule has 0 unspecified atom stereocenters. The number of carbonyl (C=O) groups excluding carboxylic acids is 1. The van der Waals surface area contributed by atoms with E-state index >= 15 is 0 Å². The average Bonchev–Trinajstić information content (AvgIpc) is 3.34. The lowest BCUT2D eigenvalue weighted by Crippen LogP contribution is -2.48. The number of morpholine rings is 1. The molecule has 8 nitrogen and oxygen atoms in total. The number of hydrogen-bond donors (Lipinski definition) is 3. The van der Waals surface area contributed by atoms with E-state index in [0.29, 0.717) is 32.0 Å². The molecular weight excluding hydrogens is 454 g/mol. The number of aliphatic hydroxyl groups is 1. The lowest BCUT2D eigenvalue weighted by atomic mass is 9.77. The zero-order chi connectivity index (χ0) is 25.3. The van der Waals surface area contributed by atoms with Gasteiger partial charge in [0.05, 0.1) is 18.8 Å². The maximum absolute atomic E-state index is 12.9. The largest absolute Gasteiger partial charge is 0.390 e. The normalized spacial score (nSPS) is 26.0. The Hall–Kier alpha value is -2.84. The molecule has 0 radical (unpaired) electrons. The summed E-state index contributed by atoms with van der Waals surface area (Å²) in [4.78, 5) is 22.0. The van der Waals surface area contributed by atoms with Crippen LogP contribution < -0.4 is 15.5 Å². The molecule has 2 aliphatic heterocycles. The second-order valence-electron chi connectivity index (χ2n) is 10.9. The highest BCUT2D eigenvalue weighted by molar-refractivity contribution is 5.91. The van der Waals surface area contributed by atoms with Crippen molar-refractivity contribution in [1.29, 1.82) is 0 Å². The molecule has 8 heteroatoms. The Kier molecular flexibility index (Phi) is 7.08. The van der Waals surface area contributed by atoms with Crippen LogP contribution >= 0.6 is 0 Å². The van der Waals surface area contributed by atoms with Gasteiger partial charge in [-0.1, -0.05) is 19.4 Å². The maximum atomic E-state index is 12.9. The molecule has 3 heterocycles. The van der Waals surface area contributed by atoms with Crippen LogP contribution in [0.4, 0.5) is 22.1 Å². The van der Waals surface area contributed by atoms with E-state index in [1.54, 1.807) is 0 Å². The first-order valence-electron chi connectivity index (χ1n) is 13.3. The quantitative estimate of drug-likeness (QED) is 0.550. The zero-order valence-electron chi connectivity index (χ0n) is 21.7. The summed E-state index contributed by atoms with van der Waals surface area (Å²) in [6.45, 7) is 10.8. The highest BCUT2D eigenvalue weighted by atomic mass is 16.5. The van der Waals surface area contributed by atoms with Crippen LogP contribution in [0.2, 0.25) is 0 Å². The van der Waals surface area contributed by atoms with Crippen molar-refractivity contribution in [3.05, 3.63) is 35.9 Å². The van der Waals surface area contributed by atoms with Crippen molar-refractivity contribution in [1.82, 2.24) is 9.88 Å². The first kappa shape index (κ1) is 24.8. The number of urea groups is 1. The van der Waals surface area contributed by atoms with Crippen LogP contribution in [0, 0.1) is 12.8 Å². The van der Waals surface area contributed by atoms with E-state index < -0.39 is 5.60 Å². The zero-order valence-corrected chi connectivity index (χ0v) is 21.7. The third-order valence-electron chi connectivity index (χ3n) is 7.82. The van der Waals surface area contributed by atoms with Crippen LogP contribution in [0.5, 0.6) is 0 Å². The molecule has 3 N–H and O–H groups in total. The molecule has 3 aliphatic rings. The summed E-state index contributed by atoms with van der Waals surface area (Å²) < 4.78 is 5.55. The van der Waals surface area contributed by atoms with Crippen molar-refractivity contribution in [2.45, 2.75) is 58.1 Å². The minimum Gasteiger partial charge on any atom is -0.390 e. The van der Waals surface area contributed by atoms with Gasteiger partial charge in [-0.3, -0.25) is 0 Å². The summed E-state index contributed by atoms with van der Waals surface area (Å²) in [5.74, 6) is 2.33. The molecule has 2 saturated heterocycles. The van der Waals surface area contributed by atoms with Crippen LogP contribution in [0.3, 0.4) is 0 Å². The van der Waals surface area contributed by atoms with Gasteiger partial charge in [-0.25, -0.2) is 9.78 Å². The molecule has 2 amide bonds. The maximum Gasteiger partial charge on any atom is 0.321 e. The number of anilines is 3. The van der Waals surface area contributed by atoms with Crippen LogP contribution in [0.15, 0.2) is 30.3 Å². The van der Waals surface area contributed by atoms with Crippen molar-refractivity contribution in [3.63, 3.8) is 0 Å². The number of hydrogen-bond acceptors (Lipinski definition) is 6. The Labute approximate surface area is 214 Å². The van der Waals surface area contributed by atoms with Crippen LogP contribution in [0.1, 0.15) is 45.1 Å². The molecule has 1 aromatic carbocycles. The monoisotopic (exact) mass is 493 g/mol.